The highest BCUT2D eigenvalue weighted by atomic mass is 127. The van der Waals surface area contributed by atoms with Crippen LogP contribution in [0.3, 0.4) is 0 Å². The van der Waals surface area contributed by atoms with Gasteiger partial charge in [-0.1, -0.05) is 37.9 Å². The van der Waals surface area contributed by atoms with Gasteiger partial charge in [0, 0.05) is 24.3 Å². The third kappa shape index (κ3) is 5.41. The highest BCUT2D eigenvalue weighted by Gasteiger charge is 2.02. The lowest BCUT2D eigenvalue weighted by Gasteiger charge is -2.08. The van der Waals surface area contributed by atoms with Gasteiger partial charge >= 0.3 is 0 Å². The molecule has 3 aromatic rings. The van der Waals surface area contributed by atoms with Crippen molar-refractivity contribution in [2.75, 3.05) is 0 Å². The van der Waals surface area contributed by atoms with Crippen LogP contribution >= 0.6 is 54.5 Å². The van der Waals surface area contributed by atoms with Gasteiger partial charge in [0.25, 0.3) is 0 Å². The Labute approximate surface area is 184 Å². The summed E-state index contributed by atoms with van der Waals surface area (Å²) >= 11 is 9.34. The third-order valence-electron chi connectivity index (χ3n) is 3.79. The summed E-state index contributed by atoms with van der Waals surface area (Å²) in [4.78, 5) is 4.54. The number of halogens is 3. The Morgan fingerprint density at radius 2 is 1.77 bits per heavy atom. The van der Waals surface area contributed by atoms with Crippen molar-refractivity contribution >= 4 is 66.4 Å². The first-order valence-electron chi connectivity index (χ1n) is 7.98. The van der Waals surface area contributed by atoms with E-state index < -0.39 is 0 Å². The predicted octanol–water partition coefficient (Wildman–Crippen LogP) is 7.45. The Kier molecular flexibility index (Phi) is 6.89. The van der Waals surface area contributed by atoms with Crippen LogP contribution in [0.15, 0.2) is 74.6 Å². The molecule has 3 aromatic carbocycles. The summed E-state index contributed by atoms with van der Waals surface area (Å²) in [6, 6.07) is 20.2. The standard InChI is InChI=1S/C21H16Br2INO/c1-14-10-18(6-9-21(14)24)25-12-15-2-7-19(8-3-15)26-13-16-4-5-17(22)11-20(16)23/h2-12H,13H2,1H3. The van der Waals surface area contributed by atoms with E-state index in [9.17, 15) is 0 Å². The van der Waals surface area contributed by atoms with Gasteiger partial charge in [-0.3, -0.25) is 4.99 Å². The lowest BCUT2D eigenvalue weighted by atomic mass is 10.2. The first-order chi connectivity index (χ1) is 12.5. The van der Waals surface area contributed by atoms with E-state index in [4.69, 9.17) is 4.74 Å². The van der Waals surface area contributed by atoms with Crippen molar-refractivity contribution in [3.8, 4) is 5.75 Å². The fraction of sp³-hybridized carbons (Fsp3) is 0.0952. The summed E-state index contributed by atoms with van der Waals surface area (Å²) in [5, 5.41) is 0. The highest BCUT2D eigenvalue weighted by Crippen LogP contribution is 2.24. The summed E-state index contributed by atoms with van der Waals surface area (Å²) < 4.78 is 9.19. The molecule has 0 saturated carbocycles. The van der Waals surface area contributed by atoms with Crippen molar-refractivity contribution in [2.45, 2.75) is 13.5 Å². The molecule has 5 heteroatoms. The van der Waals surface area contributed by atoms with Crippen molar-refractivity contribution in [3.63, 3.8) is 0 Å². The van der Waals surface area contributed by atoms with Crippen LogP contribution in [0, 0.1) is 10.5 Å². The number of nitrogens with zero attached hydrogens (tertiary/aromatic N) is 1. The van der Waals surface area contributed by atoms with E-state index in [1.165, 1.54) is 9.13 Å². The molecular formula is C21H16Br2INO. The minimum atomic E-state index is 0.517. The molecule has 0 radical (unpaired) electrons. The van der Waals surface area contributed by atoms with Crippen molar-refractivity contribution in [1.29, 1.82) is 0 Å². The molecular weight excluding hydrogens is 569 g/mol. The van der Waals surface area contributed by atoms with E-state index in [1.54, 1.807) is 0 Å². The lowest BCUT2D eigenvalue weighted by molar-refractivity contribution is 0.305. The third-order valence-corrected chi connectivity index (χ3v) is 6.24. The summed E-state index contributed by atoms with van der Waals surface area (Å²) in [5.74, 6) is 0.835. The Morgan fingerprint density at radius 3 is 2.46 bits per heavy atom. The zero-order valence-corrected chi connectivity index (χ0v) is 19.4. The fourth-order valence-corrected chi connectivity index (χ4v) is 3.81. The van der Waals surface area contributed by atoms with Gasteiger partial charge in [0.15, 0.2) is 0 Å². The number of aliphatic imine (C=N–C) groups is 1. The van der Waals surface area contributed by atoms with E-state index in [0.717, 1.165) is 31.5 Å². The van der Waals surface area contributed by atoms with Gasteiger partial charge in [0.2, 0.25) is 0 Å². The number of hydrogen-bond acceptors (Lipinski definition) is 2. The van der Waals surface area contributed by atoms with Gasteiger partial charge in [-0.25, -0.2) is 0 Å². The fourth-order valence-electron chi connectivity index (χ4n) is 2.31. The zero-order valence-electron chi connectivity index (χ0n) is 14.0. The molecule has 0 bridgehead atoms. The largest absolute Gasteiger partial charge is 0.489 e. The molecule has 26 heavy (non-hydrogen) atoms. The van der Waals surface area contributed by atoms with Gasteiger partial charge in [-0.05, 0) is 95.2 Å². The maximum atomic E-state index is 5.87. The van der Waals surface area contributed by atoms with Gasteiger partial charge in [-0.2, -0.15) is 0 Å². The number of aryl methyl sites for hydroxylation is 1. The summed E-state index contributed by atoms with van der Waals surface area (Å²) in [6.07, 6.45) is 1.87. The molecule has 0 aliphatic carbocycles. The van der Waals surface area contributed by atoms with Crippen molar-refractivity contribution in [2.24, 2.45) is 4.99 Å². The number of rotatable bonds is 5. The minimum absolute atomic E-state index is 0.517. The van der Waals surface area contributed by atoms with E-state index in [1.807, 2.05) is 54.7 Å². The lowest BCUT2D eigenvalue weighted by Crippen LogP contribution is -1.96. The average Bonchev–Trinajstić information content (AvgIpc) is 2.63. The van der Waals surface area contributed by atoms with Crippen LogP contribution < -0.4 is 4.74 Å². The molecule has 0 N–H and O–H groups in total. The van der Waals surface area contributed by atoms with Crippen LogP contribution in [0.25, 0.3) is 0 Å². The number of benzene rings is 3. The van der Waals surface area contributed by atoms with Gasteiger partial charge in [-0.15, -0.1) is 0 Å². The summed E-state index contributed by atoms with van der Waals surface area (Å²) in [5.41, 5.74) is 4.35. The Balaban J connectivity index is 1.62. The molecule has 0 unspecified atom stereocenters. The molecule has 0 saturated heterocycles. The minimum Gasteiger partial charge on any atom is -0.489 e. The second kappa shape index (κ2) is 9.15. The van der Waals surface area contributed by atoms with Crippen LogP contribution in [-0.4, -0.2) is 6.21 Å². The molecule has 0 aliphatic rings. The first kappa shape index (κ1) is 19.6. The van der Waals surface area contributed by atoms with E-state index >= 15 is 0 Å². The molecule has 0 spiro atoms. The summed E-state index contributed by atoms with van der Waals surface area (Å²) in [7, 11) is 0. The normalized spacial score (nSPS) is 11.1. The predicted molar refractivity (Wildman–Crippen MR) is 124 cm³/mol. The second-order valence-electron chi connectivity index (χ2n) is 5.79. The topological polar surface area (TPSA) is 21.6 Å². The van der Waals surface area contributed by atoms with Crippen LogP contribution in [0.2, 0.25) is 0 Å². The number of ether oxygens (including phenoxy) is 1. The van der Waals surface area contributed by atoms with Crippen molar-refractivity contribution in [1.82, 2.24) is 0 Å². The van der Waals surface area contributed by atoms with Gasteiger partial charge < -0.3 is 4.74 Å². The zero-order chi connectivity index (χ0) is 18.5. The molecule has 0 atom stereocenters. The molecule has 132 valence electrons. The van der Waals surface area contributed by atoms with Crippen LogP contribution in [0.5, 0.6) is 5.75 Å². The highest BCUT2D eigenvalue weighted by molar-refractivity contribution is 14.1. The molecule has 0 aromatic heterocycles. The number of hydrogen-bond donors (Lipinski definition) is 0. The molecule has 3 rings (SSSR count). The smallest absolute Gasteiger partial charge is 0.119 e. The van der Waals surface area contributed by atoms with Gasteiger partial charge in [0.1, 0.15) is 12.4 Å². The van der Waals surface area contributed by atoms with Crippen LogP contribution in [0.4, 0.5) is 5.69 Å². The second-order valence-corrected chi connectivity index (χ2v) is 8.72. The molecule has 0 aliphatic heterocycles. The maximum absolute atomic E-state index is 5.87. The van der Waals surface area contributed by atoms with Crippen LogP contribution in [-0.2, 0) is 6.61 Å². The summed E-state index contributed by atoms with van der Waals surface area (Å²) in [6.45, 7) is 2.61. The van der Waals surface area contributed by atoms with Crippen LogP contribution in [0.1, 0.15) is 16.7 Å². The maximum Gasteiger partial charge on any atom is 0.119 e. The van der Waals surface area contributed by atoms with E-state index in [2.05, 4.69) is 78.5 Å². The van der Waals surface area contributed by atoms with Crippen molar-refractivity contribution < 1.29 is 4.74 Å². The van der Waals surface area contributed by atoms with Crippen molar-refractivity contribution in [3.05, 3.63) is 89.9 Å². The quantitative estimate of drug-likeness (QED) is 0.225. The van der Waals surface area contributed by atoms with E-state index in [-0.39, 0.29) is 0 Å². The molecule has 2 nitrogen and oxygen atoms in total. The SMILES string of the molecule is Cc1cc(N=Cc2ccc(OCc3ccc(Br)cc3Br)cc2)ccc1I. The molecule has 0 heterocycles. The Hall–Kier alpha value is -1.18. The molecule has 0 amide bonds. The first-order valence-corrected chi connectivity index (χ1v) is 10.6. The van der Waals surface area contributed by atoms with E-state index in [0.29, 0.717) is 6.61 Å². The monoisotopic (exact) mass is 583 g/mol. The van der Waals surface area contributed by atoms with Gasteiger partial charge in [0.05, 0.1) is 5.69 Å². The average molecular weight is 585 g/mol. The Morgan fingerprint density at radius 1 is 1.00 bits per heavy atom. The molecule has 0 fully saturated rings. The Bertz CT molecular complexity index is 939.